The van der Waals surface area contributed by atoms with Gasteiger partial charge < -0.3 is 25.0 Å². The molecule has 0 fully saturated rings. The third kappa shape index (κ3) is 4.14. The third-order valence-corrected chi connectivity index (χ3v) is 2.35. The highest BCUT2D eigenvalue weighted by Crippen LogP contribution is 2.22. The van der Waals surface area contributed by atoms with Crippen LogP contribution in [0.5, 0.6) is 11.5 Å². The summed E-state index contributed by atoms with van der Waals surface area (Å²) in [5.41, 5.74) is 0.244. The van der Waals surface area contributed by atoms with Gasteiger partial charge >= 0.3 is 5.97 Å². The molecule has 0 aliphatic heterocycles. The van der Waals surface area contributed by atoms with E-state index in [-0.39, 0.29) is 12.1 Å². The molecular weight excluding hydrogens is 254 g/mol. The Kier molecular flexibility index (Phi) is 5.13. The molecule has 19 heavy (non-hydrogen) atoms. The molecule has 0 bridgehead atoms. The summed E-state index contributed by atoms with van der Waals surface area (Å²) >= 11 is 0. The second-order valence-electron chi connectivity index (χ2n) is 3.67. The second kappa shape index (κ2) is 6.60. The Morgan fingerprint density at radius 3 is 2.16 bits per heavy atom. The number of carbonyl (C=O) groups excluding carboxylic acids is 1. The van der Waals surface area contributed by atoms with Crippen LogP contribution in [-0.4, -0.2) is 49.0 Å². The Morgan fingerprint density at radius 1 is 1.21 bits per heavy atom. The van der Waals surface area contributed by atoms with Crippen molar-refractivity contribution in [1.82, 2.24) is 5.32 Å². The lowest BCUT2D eigenvalue weighted by Crippen LogP contribution is -2.36. The first-order chi connectivity index (χ1) is 8.97. The zero-order valence-corrected chi connectivity index (χ0v) is 10.5. The molecule has 1 atom stereocenters. The normalized spacial score (nSPS) is 11.5. The van der Waals surface area contributed by atoms with Gasteiger partial charge in [0.2, 0.25) is 0 Å². The summed E-state index contributed by atoms with van der Waals surface area (Å²) in [6.07, 6.45) is -1.64. The number of amides is 1. The predicted octanol–water partition coefficient (Wildman–Crippen LogP) is -0.121. The number of ether oxygens (including phenoxy) is 2. The molecule has 1 aromatic rings. The monoisotopic (exact) mass is 269 g/mol. The van der Waals surface area contributed by atoms with Crippen molar-refractivity contribution in [2.24, 2.45) is 0 Å². The molecule has 0 unspecified atom stereocenters. The van der Waals surface area contributed by atoms with E-state index in [1.54, 1.807) is 6.07 Å². The van der Waals surface area contributed by atoms with Crippen molar-refractivity contribution < 1.29 is 29.3 Å². The Hall–Kier alpha value is -2.28. The van der Waals surface area contributed by atoms with Crippen molar-refractivity contribution in [3.05, 3.63) is 23.8 Å². The average molecular weight is 269 g/mol. The first-order valence-electron chi connectivity index (χ1n) is 5.40. The SMILES string of the molecule is COc1cc(OC)cc(C(=O)NC[C@H](O)C(=O)O)c1. The molecule has 7 heteroatoms. The summed E-state index contributed by atoms with van der Waals surface area (Å²) in [6.45, 7) is -0.381. The smallest absolute Gasteiger partial charge is 0.334 e. The topological polar surface area (TPSA) is 105 Å². The number of hydrogen-bond donors (Lipinski definition) is 3. The lowest BCUT2D eigenvalue weighted by Gasteiger charge is -2.10. The minimum Gasteiger partial charge on any atom is -0.497 e. The third-order valence-electron chi connectivity index (χ3n) is 2.35. The summed E-state index contributed by atoms with van der Waals surface area (Å²) in [7, 11) is 2.90. The van der Waals surface area contributed by atoms with Gasteiger partial charge in [0.1, 0.15) is 11.5 Å². The number of aliphatic hydroxyl groups is 1. The van der Waals surface area contributed by atoms with Crippen LogP contribution in [0.1, 0.15) is 10.4 Å². The van der Waals surface area contributed by atoms with Gasteiger partial charge in [0.25, 0.3) is 5.91 Å². The number of carbonyl (C=O) groups is 2. The van der Waals surface area contributed by atoms with Gasteiger partial charge in [-0.1, -0.05) is 0 Å². The Labute approximate surface area is 109 Å². The lowest BCUT2D eigenvalue weighted by atomic mass is 10.2. The molecular formula is C12H15NO6. The van der Waals surface area contributed by atoms with Gasteiger partial charge in [0, 0.05) is 11.6 Å². The van der Waals surface area contributed by atoms with Crippen LogP contribution in [0.3, 0.4) is 0 Å². The van der Waals surface area contributed by atoms with Gasteiger partial charge in [-0.3, -0.25) is 4.79 Å². The number of benzene rings is 1. The fraction of sp³-hybridized carbons (Fsp3) is 0.333. The highest BCUT2D eigenvalue weighted by Gasteiger charge is 2.15. The van der Waals surface area contributed by atoms with Crippen LogP contribution in [0.15, 0.2) is 18.2 Å². The van der Waals surface area contributed by atoms with Crippen molar-refractivity contribution in [2.45, 2.75) is 6.10 Å². The molecule has 0 aliphatic rings. The van der Waals surface area contributed by atoms with Crippen LogP contribution in [0, 0.1) is 0 Å². The lowest BCUT2D eigenvalue weighted by molar-refractivity contribution is -0.146. The fourth-order valence-corrected chi connectivity index (χ4v) is 1.32. The maximum Gasteiger partial charge on any atom is 0.334 e. The molecule has 0 heterocycles. The van der Waals surface area contributed by atoms with E-state index in [9.17, 15) is 9.59 Å². The van der Waals surface area contributed by atoms with E-state index in [2.05, 4.69) is 5.32 Å². The zero-order valence-electron chi connectivity index (χ0n) is 10.5. The number of rotatable bonds is 6. The first kappa shape index (κ1) is 14.8. The van der Waals surface area contributed by atoms with E-state index in [0.29, 0.717) is 11.5 Å². The highest BCUT2D eigenvalue weighted by molar-refractivity contribution is 5.95. The average Bonchev–Trinajstić information content (AvgIpc) is 2.43. The van der Waals surface area contributed by atoms with Crippen LogP contribution in [0.25, 0.3) is 0 Å². The van der Waals surface area contributed by atoms with Gasteiger partial charge in [-0.2, -0.15) is 0 Å². The Morgan fingerprint density at radius 2 is 1.74 bits per heavy atom. The highest BCUT2D eigenvalue weighted by atomic mass is 16.5. The largest absolute Gasteiger partial charge is 0.497 e. The van der Waals surface area contributed by atoms with E-state index in [4.69, 9.17) is 19.7 Å². The van der Waals surface area contributed by atoms with E-state index < -0.39 is 18.0 Å². The Balaban J connectivity index is 2.78. The fourth-order valence-electron chi connectivity index (χ4n) is 1.32. The molecule has 1 amide bonds. The maximum absolute atomic E-state index is 11.8. The number of carboxylic acids is 1. The number of aliphatic carboxylic acids is 1. The maximum atomic E-state index is 11.8. The van der Waals surface area contributed by atoms with E-state index in [0.717, 1.165) is 0 Å². The van der Waals surface area contributed by atoms with Crippen LogP contribution in [0.2, 0.25) is 0 Å². The minimum atomic E-state index is -1.64. The van der Waals surface area contributed by atoms with E-state index in [1.807, 2.05) is 0 Å². The molecule has 3 N–H and O–H groups in total. The number of nitrogens with one attached hydrogen (secondary N) is 1. The molecule has 0 aliphatic carbocycles. The van der Waals surface area contributed by atoms with Crippen LogP contribution in [-0.2, 0) is 4.79 Å². The summed E-state index contributed by atoms with van der Waals surface area (Å²) in [6, 6.07) is 4.55. The van der Waals surface area contributed by atoms with Gasteiger partial charge in [-0.15, -0.1) is 0 Å². The molecule has 0 aromatic heterocycles. The van der Waals surface area contributed by atoms with E-state index >= 15 is 0 Å². The van der Waals surface area contributed by atoms with Crippen molar-refractivity contribution >= 4 is 11.9 Å². The summed E-state index contributed by atoms with van der Waals surface area (Å²) in [5.74, 6) is -1.06. The number of carboxylic acid groups (broad SMARTS) is 1. The van der Waals surface area contributed by atoms with Crippen LogP contribution in [0.4, 0.5) is 0 Å². The molecule has 7 nitrogen and oxygen atoms in total. The Bertz CT molecular complexity index is 451. The standard InChI is InChI=1S/C12H15NO6/c1-18-8-3-7(4-9(5-8)19-2)11(15)13-6-10(14)12(16)17/h3-5,10,14H,6H2,1-2H3,(H,13,15)(H,16,17)/t10-/m0/s1. The number of methoxy groups -OCH3 is 2. The van der Waals surface area contributed by atoms with Crippen molar-refractivity contribution in [2.75, 3.05) is 20.8 Å². The minimum absolute atomic E-state index is 0.244. The van der Waals surface area contributed by atoms with Crippen LogP contribution >= 0.6 is 0 Å². The molecule has 1 aromatic carbocycles. The molecule has 0 saturated heterocycles. The van der Waals surface area contributed by atoms with Gasteiger partial charge in [0.05, 0.1) is 20.8 Å². The molecule has 104 valence electrons. The molecule has 0 spiro atoms. The summed E-state index contributed by atoms with van der Waals surface area (Å²) < 4.78 is 10.0. The zero-order chi connectivity index (χ0) is 14.4. The summed E-state index contributed by atoms with van der Waals surface area (Å²) in [5, 5.41) is 19.9. The molecule has 1 rings (SSSR count). The van der Waals surface area contributed by atoms with Gasteiger partial charge in [-0.05, 0) is 12.1 Å². The summed E-state index contributed by atoms with van der Waals surface area (Å²) in [4.78, 5) is 22.2. The van der Waals surface area contributed by atoms with Crippen molar-refractivity contribution in [3.8, 4) is 11.5 Å². The van der Waals surface area contributed by atoms with Gasteiger partial charge in [0.15, 0.2) is 6.10 Å². The van der Waals surface area contributed by atoms with Crippen molar-refractivity contribution in [3.63, 3.8) is 0 Å². The predicted molar refractivity (Wildman–Crippen MR) is 65.5 cm³/mol. The quantitative estimate of drug-likeness (QED) is 0.665. The number of hydrogen-bond acceptors (Lipinski definition) is 5. The first-order valence-corrected chi connectivity index (χ1v) is 5.40. The molecule has 0 radical (unpaired) electrons. The van der Waals surface area contributed by atoms with Gasteiger partial charge in [-0.25, -0.2) is 4.79 Å². The second-order valence-corrected chi connectivity index (χ2v) is 3.67. The molecule has 0 saturated carbocycles. The van der Waals surface area contributed by atoms with Crippen LogP contribution < -0.4 is 14.8 Å². The number of aliphatic hydroxyl groups excluding tert-OH is 1. The van der Waals surface area contributed by atoms with Crippen molar-refractivity contribution in [1.29, 1.82) is 0 Å². The van der Waals surface area contributed by atoms with E-state index in [1.165, 1.54) is 26.4 Å².